The van der Waals surface area contributed by atoms with E-state index in [-0.39, 0.29) is 6.61 Å². The first kappa shape index (κ1) is 24.3. The van der Waals surface area contributed by atoms with Crippen molar-refractivity contribution in [3.63, 3.8) is 0 Å². The number of aromatic nitrogens is 1. The first-order valence-electron chi connectivity index (χ1n) is 10.6. The molecule has 7 heteroatoms. The summed E-state index contributed by atoms with van der Waals surface area (Å²) in [5, 5.41) is 53.3. The van der Waals surface area contributed by atoms with Gasteiger partial charge in [-0.05, 0) is 46.7 Å². The number of hydrogen-bond donors (Lipinski definition) is 5. The average Bonchev–Trinajstić information content (AvgIpc) is 2.82. The summed E-state index contributed by atoms with van der Waals surface area (Å²) < 4.78 is 5.29. The van der Waals surface area contributed by atoms with Gasteiger partial charge in [-0.2, -0.15) is 0 Å². The van der Waals surface area contributed by atoms with Gasteiger partial charge in [0, 0.05) is 37.4 Å². The van der Waals surface area contributed by atoms with Crippen molar-refractivity contribution in [2.24, 2.45) is 5.92 Å². The summed E-state index contributed by atoms with van der Waals surface area (Å²) in [5.41, 5.74) is 3.30. The second-order valence-electron chi connectivity index (χ2n) is 8.29. The van der Waals surface area contributed by atoms with Crippen LogP contribution < -0.4 is 0 Å². The van der Waals surface area contributed by atoms with Crippen molar-refractivity contribution in [1.29, 1.82) is 0 Å². The second-order valence-corrected chi connectivity index (χ2v) is 8.29. The number of aliphatic hydroxyl groups is 5. The average molecular weight is 442 g/mol. The van der Waals surface area contributed by atoms with Gasteiger partial charge in [-0.1, -0.05) is 37.3 Å². The molecule has 0 spiro atoms. The molecule has 3 rings (SSSR count). The van der Waals surface area contributed by atoms with E-state index in [1.165, 1.54) is 7.11 Å². The van der Waals surface area contributed by atoms with Crippen LogP contribution in [-0.2, 0) is 4.74 Å². The molecule has 0 bridgehead atoms. The lowest BCUT2D eigenvalue weighted by Crippen LogP contribution is -2.49. The highest BCUT2D eigenvalue weighted by molar-refractivity contribution is 5.86. The van der Waals surface area contributed by atoms with E-state index in [0.717, 1.165) is 27.5 Å². The van der Waals surface area contributed by atoms with Gasteiger partial charge in [-0.15, -0.1) is 0 Å². The molecular formula is C25H31NO6. The smallest absolute Gasteiger partial charge is 0.116 e. The van der Waals surface area contributed by atoms with Gasteiger partial charge >= 0.3 is 0 Å². The molecule has 1 aromatic heterocycles. The zero-order valence-electron chi connectivity index (χ0n) is 18.5. The van der Waals surface area contributed by atoms with Gasteiger partial charge < -0.3 is 30.3 Å². The number of fused-ring (bicyclic) bond motifs is 1. The van der Waals surface area contributed by atoms with E-state index in [4.69, 9.17) is 4.74 Å². The number of aliphatic hydroxyl groups excluding tert-OH is 5. The van der Waals surface area contributed by atoms with E-state index < -0.39 is 36.4 Å². The molecule has 0 amide bonds. The van der Waals surface area contributed by atoms with Crippen LogP contribution in [0.5, 0.6) is 0 Å². The molecule has 0 aliphatic carbocycles. The highest BCUT2D eigenvalue weighted by Gasteiger charge is 2.38. The van der Waals surface area contributed by atoms with Gasteiger partial charge in [0.05, 0.1) is 6.10 Å². The van der Waals surface area contributed by atoms with Crippen LogP contribution in [0.3, 0.4) is 0 Å². The van der Waals surface area contributed by atoms with Crippen molar-refractivity contribution >= 4 is 10.8 Å². The number of ether oxygens (including phenoxy) is 1. The van der Waals surface area contributed by atoms with Gasteiger partial charge in [0.1, 0.15) is 24.4 Å². The molecule has 2 aromatic carbocycles. The number of methoxy groups -OCH3 is 1. The van der Waals surface area contributed by atoms with Crippen LogP contribution >= 0.6 is 0 Å². The lowest BCUT2D eigenvalue weighted by atomic mass is 9.88. The van der Waals surface area contributed by atoms with Crippen molar-refractivity contribution in [3.8, 4) is 11.1 Å². The Hall–Kier alpha value is -2.39. The normalized spacial score (nSPS) is 17.5. The van der Waals surface area contributed by atoms with E-state index in [9.17, 15) is 25.5 Å². The molecule has 7 nitrogen and oxygen atoms in total. The van der Waals surface area contributed by atoms with Crippen molar-refractivity contribution in [1.82, 2.24) is 4.98 Å². The summed E-state index contributed by atoms with van der Waals surface area (Å²) in [7, 11) is 1.32. The lowest BCUT2D eigenvalue weighted by molar-refractivity contribution is -0.155. The Morgan fingerprint density at radius 3 is 2.22 bits per heavy atom. The molecular weight excluding hydrogens is 410 g/mol. The quantitative estimate of drug-likeness (QED) is 0.344. The predicted molar refractivity (Wildman–Crippen MR) is 122 cm³/mol. The summed E-state index contributed by atoms with van der Waals surface area (Å²) in [6.45, 7) is 3.05. The standard InChI is InChI=1S/C25H31NO6/c1-14-10-17(18-5-4-16-8-9-26-12-19(16)11-18)6-7-20(14)22(29)25(32-3)24(31)23(30)21(28)15(2)13-27/h4-12,15,21-25,27-31H,13H2,1-3H3/t15?,21-,22-,23+,24?,25-/m1/s1. The fourth-order valence-electron chi connectivity index (χ4n) is 3.92. The Kier molecular flexibility index (Phi) is 7.95. The van der Waals surface area contributed by atoms with Crippen LogP contribution in [0, 0.1) is 12.8 Å². The van der Waals surface area contributed by atoms with Gasteiger partial charge in [0.15, 0.2) is 0 Å². The molecule has 0 aliphatic heterocycles. The van der Waals surface area contributed by atoms with E-state index in [2.05, 4.69) is 11.1 Å². The molecule has 0 aliphatic rings. The Bertz CT molecular complexity index is 1040. The highest BCUT2D eigenvalue weighted by atomic mass is 16.5. The Balaban J connectivity index is 1.84. The third-order valence-electron chi connectivity index (χ3n) is 6.05. The Morgan fingerprint density at radius 2 is 1.56 bits per heavy atom. The van der Waals surface area contributed by atoms with Crippen LogP contribution in [-0.4, -0.2) is 68.6 Å². The number of benzene rings is 2. The van der Waals surface area contributed by atoms with Crippen LogP contribution in [0.25, 0.3) is 21.9 Å². The first-order valence-corrected chi connectivity index (χ1v) is 10.6. The molecule has 3 aromatic rings. The molecule has 5 N–H and O–H groups in total. The molecule has 172 valence electrons. The first-order chi connectivity index (χ1) is 15.3. The summed E-state index contributed by atoms with van der Waals surface area (Å²) in [6, 6.07) is 13.6. The molecule has 1 heterocycles. The van der Waals surface area contributed by atoms with Crippen molar-refractivity contribution in [3.05, 3.63) is 66.0 Å². The van der Waals surface area contributed by atoms with Crippen molar-refractivity contribution in [2.75, 3.05) is 13.7 Å². The SMILES string of the molecule is CO[C@@H](C(O)[C@@H](O)[C@H](O)C(C)CO)[C@H](O)c1ccc(-c2ccc3ccncc3c2)cc1C. The fourth-order valence-corrected chi connectivity index (χ4v) is 3.92. The van der Waals surface area contributed by atoms with E-state index >= 15 is 0 Å². The predicted octanol–water partition coefficient (Wildman–Crippen LogP) is 1.97. The summed E-state index contributed by atoms with van der Waals surface area (Å²) in [4.78, 5) is 4.17. The summed E-state index contributed by atoms with van der Waals surface area (Å²) in [6.07, 6.45) is -3.38. The number of rotatable bonds is 9. The lowest BCUT2D eigenvalue weighted by Gasteiger charge is -2.33. The zero-order valence-corrected chi connectivity index (χ0v) is 18.5. The van der Waals surface area contributed by atoms with Crippen molar-refractivity contribution < 1.29 is 30.3 Å². The number of nitrogens with zero attached hydrogens (tertiary/aromatic N) is 1. The van der Waals surface area contributed by atoms with Crippen LogP contribution in [0.1, 0.15) is 24.2 Å². The molecule has 6 atom stereocenters. The minimum atomic E-state index is -1.59. The second kappa shape index (κ2) is 10.5. The maximum absolute atomic E-state index is 10.9. The molecule has 0 fully saturated rings. The monoisotopic (exact) mass is 441 g/mol. The largest absolute Gasteiger partial charge is 0.396 e. The Labute approximate surface area is 187 Å². The molecule has 0 radical (unpaired) electrons. The minimum absolute atomic E-state index is 0.351. The van der Waals surface area contributed by atoms with Crippen LogP contribution in [0.15, 0.2) is 54.9 Å². The van der Waals surface area contributed by atoms with Crippen molar-refractivity contribution in [2.45, 2.75) is 44.4 Å². The van der Waals surface area contributed by atoms with Crippen LogP contribution in [0.2, 0.25) is 0 Å². The van der Waals surface area contributed by atoms with Gasteiger partial charge in [-0.3, -0.25) is 4.98 Å². The number of aryl methyl sites for hydroxylation is 1. The maximum atomic E-state index is 10.9. The molecule has 32 heavy (non-hydrogen) atoms. The molecule has 0 saturated heterocycles. The van der Waals surface area contributed by atoms with E-state index in [1.54, 1.807) is 19.2 Å². The summed E-state index contributed by atoms with van der Waals surface area (Å²) in [5.74, 6) is -0.646. The Morgan fingerprint density at radius 1 is 0.875 bits per heavy atom. The number of hydrogen-bond acceptors (Lipinski definition) is 7. The third kappa shape index (κ3) is 4.99. The van der Waals surface area contributed by atoms with Gasteiger partial charge in [0.2, 0.25) is 0 Å². The highest BCUT2D eigenvalue weighted by Crippen LogP contribution is 2.31. The fraction of sp³-hybridized carbons (Fsp3) is 0.400. The minimum Gasteiger partial charge on any atom is -0.396 e. The van der Waals surface area contributed by atoms with Gasteiger partial charge in [0.25, 0.3) is 0 Å². The topological polar surface area (TPSA) is 123 Å². The number of pyridine rings is 1. The van der Waals surface area contributed by atoms with E-state index in [0.29, 0.717) is 5.56 Å². The molecule has 0 saturated carbocycles. The summed E-state index contributed by atoms with van der Waals surface area (Å²) >= 11 is 0. The zero-order chi connectivity index (χ0) is 23.4. The molecule has 2 unspecified atom stereocenters. The maximum Gasteiger partial charge on any atom is 0.116 e. The van der Waals surface area contributed by atoms with Crippen LogP contribution in [0.4, 0.5) is 0 Å². The van der Waals surface area contributed by atoms with E-state index in [1.807, 2.05) is 43.5 Å². The third-order valence-corrected chi connectivity index (χ3v) is 6.05. The van der Waals surface area contributed by atoms with Gasteiger partial charge in [-0.25, -0.2) is 0 Å².